The first-order valence-electron chi connectivity index (χ1n) is 5.18. The molecule has 0 unspecified atom stereocenters. The number of hydrogen-bond acceptors (Lipinski definition) is 3. The molecule has 1 rings (SSSR count). The Bertz CT molecular complexity index is 511. The van der Waals surface area contributed by atoms with Crippen molar-refractivity contribution in [1.82, 2.24) is 9.55 Å². The average molecular weight is 224 g/mol. The van der Waals surface area contributed by atoms with E-state index in [2.05, 4.69) is 11.6 Å². The fraction of sp³-hybridized carbons (Fsp3) is 0.455. The summed E-state index contributed by atoms with van der Waals surface area (Å²) in [5.74, 6) is 0.295. The van der Waals surface area contributed by atoms with Crippen molar-refractivity contribution >= 4 is 5.76 Å². The van der Waals surface area contributed by atoms with Gasteiger partial charge in [0, 0.05) is 12.2 Å². The molecule has 88 valence electrons. The summed E-state index contributed by atoms with van der Waals surface area (Å²) in [6, 6.07) is 0. The molecule has 0 spiro atoms. The van der Waals surface area contributed by atoms with Crippen LogP contribution in [0.2, 0.25) is 0 Å². The molecule has 5 nitrogen and oxygen atoms in total. The van der Waals surface area contributed by atoms with E-state index in [0.29, 0.717) is 30.2 Å². The van der Waals surface area contributed by atoms with E-state index in [1.165, 1.54) is 4.57 Å². The van der Waals surface area contributed by atoms with Crippen LogP contribution in [0, 0.1) is 6.92 Å². The summed E-state index contributed by atoms with van der Waals surface area (Å²) in [4.78, 5) is 25.3. The summed E-state index contributed by atoms with van der Waals surface area (Å²) >= 11 is 0. The van der Waals surface area contributed by atoms with Gasteiger partial charge in [-0.15, -0.1) is 0 Å². The molecule has 0 saturated heterocycles. The number of nitrogens with zero attached hydrogens (tertiary/aromatic N) is 1. The van der Waals surface area contributed by atoms with Gasteiger partial charge in [0.2, 0.25) is 0 Å². The number of ether oxygens (including phenoxy) is 1. The van der Waals surface area contributed by atoms with Crippen molar-refractivity contribution in [2.24, 2.45) is 0 Å². The van der Waals surface area contributed by atoms with Gasteiger partial charge in [-0.2, -0.15) is 0 Å². The maximum absolute atomic E-state index is 11.6. The van der Waals surface area contributed by atoms with Crippen molar-refractivity contribution in [3.8, 4) is 0 Å². The minimum atomic E-state index is -0.453. The summed E-state index contributed by atoms with van der Waals surface area (Å²) in [6.45, 7) is 9.96. The maximum Gasteiger partial charge on any atom is 0.328 e. The van der Waals surface area contributed by atoms with Gasteiger partial charge in [0.05, 0.1) is 6.61 Å². The first-order chi connectivity index (χ1) is 7.52. The van der Waals surface area contributed by atoms with E-state index in [1.807, 2.05) is 13.8 Å². The van der Waals surface area contributed by atoms with Crippen LogP contribution in [0.25, 0.3) is 5.76 Å². The van der Waals surface area contributed by atoms with Gasteiger partial charge in [0.25, 0.3) is 5.56 Å². The quantitative estimate of drug-likeness (QED) is 0.772. The molecule has 1 aromatic heterocycles. The first-order valence-corrected chi connectivity index (χ1v) is 5.18. The third kappa shape index (κ3) is 2.08. The zero-order chi connectivity index (χ0) is 12.3. The van der Waals surface area contributed by atoms with Crippen LogP contribution in [0.15, 0.2) is 16.2 Å². The molecule has 0 aliphatic rings. The molecule has 1 N–H and O–H groups in total. The van der Waals surface area contributed by atoms with E-state index in [0.717, 1.165) is 0 Å². The highest BCUT2D eigenvalue weighted by molar-refractivity contribution is 5.58. The minimum absolute atomic E-state index is 0.295. The van der Waals surface area contributed by atoms with E-state index in [9.17, 15) is 9.59 Å². The Labute approximate surface area is 93.4 Å². The lowest BCUT2D eigenvalue weighted by Gasteiger charge is -2.12. The van der Waals surface area contributed by atoms with Gasteiger partial charge in [-0.3, -0.25) is 14.3 Å². The lowest BCUT2D eigenvalue weighted by Crippen LogP contribution is -2.34. The van der Waals surface area contributed by atoms with Gasteiger partial charge in [-0.25, -0.2) is 4.79 Å². The zero-order valence-corrected chi connectivity index (χ0v) is 9.79. The molecule has 0 aromatic carbocycles. The molecule has 0 saturated carbocycles. The topological polar surface area (TPSA) is 64.1 Å². The van der Waals surface area contributed by atoms with Crippen molar-refractivity contribution in [2.75, 3.05) is 6.61 Å². The number of nitrogens with one attached hydrogen (secondary N) is 1. The smallest absolute Gasteiger partial charge is 0.328 e. The van der Waals surface area contributed by atoms with Gasteiger partial charge < -0.3 is 4.74 Å². The molecule has 1 aromatic rings. The van der Waals surface area contributed by atoms with Gasteiger partial charge in [-0.1, -0.05) is 6.58 Å². The highest BCUT2D eigenvalue weighted by Crippen LogP contribution is 2.12. The Hall–Kier alpha value is -1.78. The van der Waals surface area contributed by atoms with E-state index < -0.39 is 11.2 Å². The summed E-state index contributed by atoms with van der Waals surface area (Å²) in [6.07, 6.45) is 0. The SMILES string of the molecule is C=C(OCC)c1c(C)n(CC)c(=O)[nH]c1=O. The molecule has 0 fully saturated rings. The van der Waals surface area contributed by atoms with Gasteiger partial charge >= 0.3 is 5.69 Å². The van der Waals surface area contributed by atoms with E-state index in [4.69, 9.17) is 4.74 Å². The van der Waals surface area contributed by atoms with Crippen LogP contribution in [0.3, 0.4) is 0 Å². The Kier molecular flexibility index (Phi) is 3.71. The zero-order valence-electron chi connectivity index (χ0n) is 9.79. The number of hydrogen-bond donors (Lipinski definition) is 1. The Morgan fingerprint density at radius 3 is 2.56 bits per heavy atom. The van der Waals surface area contributed by atoms with Crippen molar-refractivity contribution in [3.05, 3.63) is 38.7 Å². The average Bonchev–Trinajstić information content (AvgIpc) is 2.17. The van der Waals surface area contributed by atoms with Crippen LogP contribution in [-0.4, -0.2) is 16.2 Å². The molecule has 0 aliphatic heterocycles. The fourth-order valence-electron chi connectivity index (χ4n) is 1.63. The molecule has 0 bridgehead atoms. The van der Waals surface area contributed by atoms with E-state index >= 15 is 0 Å². The van der Waals surface area contributed by atoms with Crippen LogP contribution < -0.4 is 11.2 Å². The Balaban J connectivity index is 3.46. The third-order valence-electron chi connectivity index (χ3n) is 2.37. The minimum Gasteiger partial charge on any atom is -0.494 e. The van der Waals surface area contributed by atoms with Crippen molar-refractivity contribution < 1.29 is 4.74 Å². The van der Waals surface area contributed by atoms with E-state index in [1.54, 1.807) is 6.92 Å². The van der Waals surface area contributed by atoms with Crippen LogP contribution >= 0.6 is 0 Å². The van der Waals surface area contributed by atoms with Crippen LogP contribution in [0.4, 0.5) is 0 Å². The van der Waals surface area contributed by atoms with Crippen molar-refractivity contribution in [3.63, 3.8) is 0 Å². The largest absolute Gasteiger partial charge is 0.494 e. The van der Waals surface area contributed by atoms with Crippen molar-refractivity contribution in [2.45, 2.75) is 27.3 Å². The third-order valence-corrected chi connectivity index (χ3v) is 2.37. The molecular formula is C11H16N2O3. The number of aromatic nitrogens is 2. The molecule has 0 aliphatic carbocycles. The maximum atomic E-state index is 11.6. The highest BCUT2D eigenvalue weighted by Gasteiger charge is 2.13. The van der Waals surface area contributed by atoms with Crippen LogP contribution in [0.1, 0.15) is 25.1 Å². The predicted octanol–water partition coefficient (Wildman–Crippen LogP) is 0.872. The predicted molar refractivity (Wildman–Crippen MR) is 62.4 cm³/mol. The summed E-state index contributed by atoms with van der Waals surface area (Å²) < 4.78 is 6.67. The Morgan fingerprint density at radius 2 is 2.06 bits per heavy atom. The van der Waals surface area contributed by atoms with Gasteiger partial charge in [-0.05, 0) is 20.8 Å². The summed E-state index contributed by atoms with van der Waals surface area (Å²) in [7, 11) is 0. The monoisotopic (exact) mass is 224 g/mol. The van der Waals surface area contributed by atoms with Crippen LogP contribution in [-0.2, 0) is 11.3 Å². The van der Waals surface area contributed by atoms with E-state index in [-0.39, 0.29) is 0 Å². The van der Waals surface area contributed by atoms with Crippen molar-refractivity contribution in [1.29, 1.82) is 0 Å². The second-order valence-corrected chi connectivity index (χ2v) is 3.32. The summed E-state index contributed by atoms with van der Waals surface area (Å²) in [5, 5.41) is 0. The lowest BCUT2D eigenvalue weighted by atomic mass is 10.2. The molecule has 1 heterocycles. The number of rotatable bonds is 4. The normalized spacial score (nSPS) is 10.2. The fourth-order valence-corrected chi connectivity index (χ4v) is 1.63. The van der Waals surface area contributed by atoms with Gasteiger partial charge in [0.15, 0.2) is 0 Å². The molecule has 0 atom stereocenters. The molecule has 16 heavy (non-hydrogen) atoms. The number of aromatic amines is 1. The standard InChI is InChI=1S/C11H16N2O3/c1-5-13-7(3)9(8(4)16-6-2)10(14)12-11(13)15/h4-6H2,1-3H3,(H,12,14,15). The summed E-state index contributed by atoms with van der Waals surface area (Å²) in [5.41, 5.74) is 0.0571. The number of H-pyrrole nitrogens is 1. The molecule has 0 radical (unpaired) electrons. The van der Waals surface area contributed by atoms with Gasteiger partial charge in [0.1, 0.15) is 11.3 Å². The lowest BCUT2D eigenvalue weighted by molar-refractivity contribution is 0.298. The van der Waals surface area contributed by atoms with Crippen LogP contribution in [0.5, 0.6) is 0 Å². The Morgan fingerprint density at radius 1 is 1.44 bits per heavy atom. The second-order valence-electron chi connectivity index (χ2n) is 3.32. The molecule has 0 amide bonds. The highest BCUT2D eigenvalue weighted by atomic mass is 16.5. The first kappa shape index (κ1) is 12.3. The molecule has 5 heteroatoms. The molecular weight excluding hydrogens is 208 g/mol. The second kappa shape index (κ2) is 4.83.